The number of rotatable bonds is 5. The fraction of sp³-hybridized carbons (Fsp3) is 0.280. The predicted molar refractivity (Wildman–Crippen MR) is 132 cm³/mol. The number of methoxy groups -OCH3 is 1. The smallest absolute Gasteiger partial charge is 0.323 e. The summed E-state index contributed by atoms with van der Waals surface area (Å²) in [4.78, 5) is 41.3. The lowest BCUT2D eigenvalue weighted by molar-refractivity contribution is -0.125. The zero-order valence-electron chi connectivity index (χ0n) is 20.5. The van der Waals surface area contributed by atoms with Gasteiger partial charge in [-0.15, -0.1) is 0 Å². The molecule has 5 rings (SSSR count). The summed E-state index contributed by atoms with van der Waals surface area (Å²) in [6, 6.07) is 6.20. The van der Waals surface area contributed by atoms with Crippen LogP contribution >= 0.6 is 0 Å². The van der Waals surface area contributed by atoms with Crippen LogP contribution in [-0.2, 0) is 27.9 Å². The highest BCUT2D eigenvalue weighted by molar-refractivity contribution is 6.01. The van der Waals surface area contributed by atoms with E-state index in [-0.39, 0.29) is 42.7 Å². The third-order valence-corrected chi connectivity index (χ3v) is 6.44. The first-order valence-electron chi connectivity index (χ1n) is 11.7. The molecule has 0 saturated carbocycles. The molecule has 3 heterocycles. The Morgan fingerprint density at radius 3 is 2.66 bits per heavy atom. The Morgan fingerprint density at radius 2 is 1.95 bits per heavy atom. The van der Waals surface area contributed by atoms with Gasteiger partial charge in [0, 0.05) is 36.6 Å². The summed E-state index contributed by atoms with van der Waals surface area (Å²) in [5.41, 5.74) is 1.51. The van der Waals surface area contributed by atoms with Crippen LogP contribution in [0.4, 0.5) is 30.6 Å². The van der Waals surface area contributed by atoms with Crippen molar-refractivity contribution in [3.63, 3.8) is 0 Å². The molecule has 38 heavy (non-hydrogen) atoms. The fourth-order valence-electron chi connectivity index (χ4n) is 4.50. The number of carbonyl (C=O) groups is 3. The Morgan fingerprint density at radius 1 is 1.13 bits per heavy atom. The van der Waals surface area contributed by atoms with E-state index in [1.807, 2.05) is 0 Å². The van der Waals surface area contributed by atoms with Crippen LogP contribution in [0, 0.1) is 11.6 Å². The van der Waals surface area contributed by atoms with Crippen LogP contribution in [0.25, 0.3) is 0 Å². The number of hydrogen-bond acceptors (Lipinski definition) is 6. The fourth-order valence-corrected chi connectivity index (χ4v) is 4.50. The van der Waals surface area contributed by atoms with Crippen molar-refractivity contribution in [1.82, 2.24) is 14.7 Å². The predicted octanol–water partition coefficient (Wildman–Crippen LogP) is 2.80. The van der Waals surface area contributed by atoms with Gasteiger partial charge >= 0.3 is 6.03 Å². The number of fused-ring (bicyclic) bond motifs is 1. The molecule has 2 N–H and O–H groups in total. The van der Waals surface area contributed by atoms with Gasteiger partial charge in [-0.1, -0.05) is 0 Å². The van der Waals surface area contributed by atoms with E-state index in [2.05, 4.69) is 15.7 Å². The number of halogens is 2. The van der Waals surface area contributed by atoms with Gasteiger partial charge in [0.1, 0.15) is 18.5 Å². The van der Waals surface area contributed by atoms with Gasteiger partial charge in [-0.2, -0.15) is 5.10 Å². The van der Waals surface area contributed by atoms with Crippen LogP contribution in [0.2, 0.25) is 0 Å². The van der Waals surface area contributed by atoms with Crippen molar-refractivity contribution < 1.29 is 32.6 Å². The van der Waals surface area contributed by atoms with E-state index >= 15 is 0 Å². The average molecular weight is 527 g/mol. The maximum absolute atomic E-state index is 15.0. The van der Waals surface area contributed by atoms with E-state index in [1.165, 1.54) is 47.4 Å². The van der Waals surface area contributed by atoms with Gasteiger partial charge in [0.2, 0.25) is 0 Å². The quantitative estimate of drug-likeness (QED) is 0.528. The Bertz CT molecular complexity index is 1430. The highest BCUT2D eigenvalue weighted by Crippen LogP contribution is 2.35. The Labute approximate surface area is 215 Å². The van der Waals surface area contributed by atoms with Gasteiger partial charge in [0.25, 0.3) is 11.8 Å². The molecule has 2 aliphatic rings. The summed E-state index contributed by atoms with van der Waals surface area (Å²) in [6.07, 6.45) is 1.48. The molecule has 1 saturated heterocycles. The molecule has 0 unspecified atom stereocenters. The topological polar surface area (TPSA) is 118 Å². The van der Waals surface area contributed by atoms with E-state index in [4.69, 9.17) is 9.47 Å². The molecular formula is C25H24F2N6O5. The maximum Gasteiger partial charge on any atom is 0.323 e. The van der Waals surface area contributed by atoms with Gasteiger partial charge in [-0.05, 0) is 30.3 Å². The van der Waals surface area contributed by atoms with Gasteiger partial charge in [0.15, 0.2) is 11.6 Å². The van der Waals surface area contributed by atoms with E-state index in [0.717, 1.165) is 12.1 Å². The van der Waals surface area contributed by atoms with Crippen LogP contribution in [0.1, 0.15) is 17.3 Å². The van der Waals surface area contributed by atoms with E-state index in [1.54, 1.807) is 11.7 Å². The summed E-state index contributed by atoms with van der Waals surface area (Å²) in [7, 11) is 3.01. The second-order valence-electron chi connectivity index (χ2n) is 8.73. The number of ether oxygens (including phenoxy) is 2. The first kappa shape index (κ1) is 25.1. The van der Waals surface area contributed by atoms with Gasteiger partial charge < -0.3 is 29.9 Å². The molecule has 3 aromatic rings. The number of nitrogens with zero attached hydrogens (tertiary/aromatic N) is 4. The lowest BCUT2D eigenvalue weighted by Gasteiger charge is -2.27. The number of morpholine rings is 1. The number of hydrogen-bond donors (Lipinski definition) is 2. The SMILES string of the molecule is COc1ccc(NC(=O)N2Cc3c(cnn3C)[C@@H]2C(=O)Nc2ccc(N3CCOCC3=O)cc2F)cc1F. The second kappa shape index (κ2) is 10.1. The lowest BCUT2D eigenvalue weighted by Crippen LogP contribution is -2.41. The largest absolute Gasteiger partial charge is 0.494 e. The molecule has 2 aromatic carbocycles. The summed E-state index contributed by atoms with van der Waals surface area (Å²) in [6.45, 7) is 0.589. The molecule has 11 nitrogen and oxygen atoms in total. The molecule has 0 bridgehead atoms. The molecule has 0 spiro atoms. The number of benzene rings is 2. The summed E-state index contributed by atoms with van der Waals surface area (Å²) in [5.74, 6) is -2.34. The van der Waals surface area contributed by atoms with Crippen molar-refractivity contribution in [2.45, 2.75) is 12.6 Å². The number of aryl methyl sites for hydroxylation is 1. The number of amides is 4. The minimum atomic E-state index is -1.12. The second-order valence-corrected chi connectivity index (χ2v) is 8.73. The maximum atomic E-state index is 15.0. The molecule has 198 valence electrons. The minimum absolute atomic E-state index is 0.0194. The third-order valence-electron chi connectivity index (χ3n) is 6.44. The molecule has 4 amide bonds. The van der Waals surface area contributed by atoms with Crippen LogP contribution in [0.5, 0.6) is 5.75 Å². The molecule has 0 aliphatic carbocycles. The van der Waals surface area contributed by atoms with Gasteiger partial charge in [-0.3, -0.25) is 14.3 Å². The Hall–Kier alpha value is -4.52. The lowest BCUT2D eigenvalue weighted by atomic mass is 10.1. The highest BCUT2D eigenvalue weighted by atomic mass is 19.1. The van der Waals surface area contributed by atoms with Gasteiger partial charge in [0.05, 0.1) is 37.8 Å². The minimum Gasteiger partial charge on any atom is -0.494 e. The molecule has 2 aliphatic heterocycles. The van der Waals surface area contributed by atoms with Crippen molar-refractivity contribution in [3.8, 4) is 5.75 Å². The van der Waals surface area contributed by atoms with Crippen LogP contribution in [0.15, 0.2) is 42.6 Å². The number of urea groups is 1. The van der Waals surface area contributed by atoms with Crippen molar-refractivity contribution in [3.05, 3.63) is 65.5 Å². The third kappa shape index (κ3) is 4.63. The highest BCUT2D eigenvalue weighted by Gasteiger charge is 2.41. The van der Waals surface area contributed by atoms with Crippen LogP contribution in [-0.4, -0.2) is 59.4 Å². The molecule has 1 fully saturated rings. The molecule has 1 atom stereocenters. The van der Waals surface area contributed by atoms with Crippen LogP contribution in [0.3, 0.4) is 0 Å². The number of nitrogens with one attached hydrogen (secondary N) is 2. The molecular weight excluding hydrogens is 502 g/mol. The first-order valence-corrected chi connectivity index (χ1v) is 11.7. The van der Waals surface area contributed by atoms with Crippen LogP contribution < -0.4 is 20.3 Å². The summed E-state index contributed by atoms with van der Waals surface area (Å²) < 4.78 is 40.6. The Balaban J connectivity index is 1.36. The molecule has 0 radical (unpaired) electrons. The number of carbonyl (C=O) groups excluding carboxylic acids is 3. The zero-order chi connectivity index (χ0) is 27.0. The van der Waals surface area contributed by atoms with Crippen molar-refractivity contribution >= 4 is 34.9 Å². The average Bonchev–Trinajstić information content (AvgIpc) is 3.45. The van der Waals surface area contributed by atoms with Crippen molar-refractivity contribution in [2.24, 2.45) is 7.05 Å². The first-order chi connectivity index (χ1) is 18.3. The summed E-state index contributed by atoms with van der Waals surface area (Å²) in [5, 5.41) is 9.29. The standard InChI is InChI=1S/C25H24F2N6O5/c1-31-20-12-33(25(36)29-14-3-6-21(37-2)18(27)9-14)23(16(20)11-28-31)24(35)30-19-5-4-15(10-17(19)26)32-7-8-38-13-22(32)34/h3-6,9-11,23H,7-8,12-13H2,1-2H3,(H,29,36)(H,30,35)/t23-/m1/s1. The summed E-state index contributed by atoms with van der Waals surface area (Å²) >= 11 is 0. The molecule has 13 heteroatoms. The normalized spacial score (nSPS) is 16.8. The van der Waals surface area contributed by atoms with Crippen molar-refractivity contribution in [1.29, 1.82) is 0 Å². The Kier molecular flexibility index (Phi) is 6.68. The number of aromatic nitrogens is 2. The number of anilines is 3. The van der Waals surface area contributed by atoms with Gasteiger partial charge in [-0.25, -0.2) is 13.6 Å². The monoisotopic (exact) mass is 526 g/mol. The van der Waals surface area contributed by atoms with Crippen molar-refractivity contribution in [2.75, 3.05) is 42.4 Å². The van der Waals surface area contributed by atoms with E-state index < -0.39 is 29.6 Å². The molecule has 1 aromatic heterocycles. The zero-order valence-corrected chi connectivity index (χ0v) is 20.5. The van der Waals surface area contributed by atoms with E-state index in [0.29, 0.717) is 23.6 Å². The van der Waals surface area contributed by atoms with E-state index in [9.17, 15) is 23.2 Å².